The molecule has 5 nitrogen and oxygen atoms in total. The molecule has 0 aliphatic rings. The molecule has 0 bridgehead atoms. The van der Waals surface area contributed by atoms with Gasteiger partial charge in [0.05, 0.1) is 5.02 Å². The molecule has 0 spiro atoms. The smallest absolute Gasteiger partial charge is 0.155 e. The quantitative estimate of drug-likeness (QED) is 0.911. The zero-order valence-electron chi connectivity index (χ0n) is 11.4. The van der Waals surface area contributed by atoms with Crippen molar-refractivity contribution in [2.45, 2.75) is 33.2 Å². The van der Waals surface area contributed by atoms with Gasteiger partial charge >= 0.3 is 0 Å². The molecule has 6 heteroatoms. The third-order valence-electron chi connectivity index (χ3n) is 2.85. The molecule has 102 valence electrons. The van der Waals surface area contributed by atoms with Crippen molar-refractivity contribution in [2.24, 2.45) is 0 Å². The second kappa shape index (κ2) is 6.12. The molecule has 1 N–H and O–H groups in total. The van der Waals surface area contributed by atoms with Gasteiger partial charge in [0, 0.05) is 25.6 Å². The fourth-order valence-electron chi connectivity index (χ4n) is 1.86. The van der Waals surface area contributed by atoms with E-state index < -0.39 is 0 Å². The molecule has 0 aromatic carbocycles. The van der Waals surface area contributed by atoms with Crippen molar-refractivity contribution in [3.63, 3.8) is 0 Å². The van der Waals surface area contributed by atoms with E-state index in [0.717, 1.165) is 35.9 Å². The summed E-state index contributed by atoms with van der Waals surface area (Å²) >= 11 is 6.12. The maximum absolute atomic E-state index is 6.12. The van der Waals surface area contributed by atoms with Crippen molar-refractivity contribution in [1.29, 1.82) is 0 Å². The van der Waals surface area contributed by atoms with E-state index in [4.69, 9.17) is 11.6 Å². The molecule has 2 rings (SSSR count). The van der Waals surface area contributed by atoms with Crippen LogP contribution in [0.15, 0.2) is 12.3 Å². The fraction of sp³-hybridized carbons (Fsp3) is 0.462. The first-order valence-electron chi connectivity index (χ1n) is 6.43. The minimum Gasteiger partial charge on any atom is -0.316 e. The molecule has 0 aliphatic heterocycles. The molecule has 0 aliphatic carbocycles. The lowest BCUT2D eigenvalue weighted by molar-refractivity contribution is 0.760. The summed E-state index contributed by atoms with van der Waals surface area (Å²) in [5.41, 5.74) is 1.00. The van der Waals surface area contributed by atoms with Crippen LogP contribution in [-0.2, 0) is 19.4 Å². The van der Waals surface area contributed by atoms with Gasteiger partial charge in [-0.15, -0.1) is 5.10 Å². The summed E-state index contributed by atoms with van der Waals surface area (Å²) in [5, 5.41) is 8.23. The first-order valence-corrected chi connectivity index (χ1v) is 6.81. The number of nitrogens with zero attached hydrogens (tertiary/aromatic N) is 4. The highest BCUT2D eigenvalue weighted by molar-refractivity contribution is 6.31. The van der Waals surface area contributed by atoms with E-state index in [-0.39, 0.29) is 0 Å². The van der Waals surface area contributed by atoms with E-state index in [1.807, 2.05) is 20.0 Å². The molecule has 2 aromatic rings. The number of halogens is 1. The van der Waals surface area contributed by atoms with E-state index >= 15 is 0 Å². The molecule has 0 amide bonds. The van der Waals surface area contributed by atoms with Crippen LogP contribution in [0.2, 0.25) is 5.02 Å². The van der Waals surface area contributed by atoms with Crippen LogP contribution < -0.4 is 5.32 Å². The van der Waals surface area contributed by atoms with Gasteiger partial charge in [-0.3, -0.25) is 0 Å². The van der Waals surface area contributed by atoms with Crippen molar-refractivity contribution in [3.8, 4) is 5.82 Å². The van der Waals surface area contributed by atoms with Crippen molar-refractivity contribution < 1.29 is 0 Å². The summed E-state index contributed by atoms with van der Waals surface area (Å²) in [5.74, 6) is 2.52. The Kier molecular flexibility index (Phi) is 4.50. The van der Waals surface area contributed by atoms with Gasteiger partial charge in [-0.2, -0.15) is 4.68 Å². The molecular formula is C13H18ClN5. The lowest BCUT2D eigenvalue weighted by Gasteiger charge is -2.07. The van der Waals surface area contributed by atoms with Crippen LogP contribution in [0.3, 0.4) is 0 Å². The Labute approximate surface area is 118 Å². The zero-order valence-corrected chi connectivity index (χ0v) is 12.2. The molecular weight excluding hydrogens is 262 g/mol. The van der Waals surface area contributed by atoms with Gasteiger partial charge in [-0.1, -0.05) is 25.4 Å². The average molecular weight is 280 g/mol. The lowest BCUT2D eigenvalue weighted by atomic mass is 10.2. The van der Waals surface area contributed by atoms with Crippen LogP contribution >= 0.6 is 11.6 Å². The molecule has 2 heterocycles. The van der Waals surface area contributed by atoms with E-state index in [2.05, 4.69) is 27.3 Å². The minimum absolute atomic E-state index is 0.659. The van der Waals surface area contributed by atoms with Crippen LogP contribution in [0.25, 0.3) is 5.82 Å². The standard InChI is InChI=1S/C13H18ClN5/c1-4-11-17-12(5-2)19(18-11)13-6-9(7-15-3)10(14)8-16-13/h6,8,15H,4-5,7H2,1-3H3. The molecule has 2 aromatic heterocycles. The summed E-state index contributed by atoms with van der Waals surface area (Å²) in [6.07, 6.45) is 3.30. The number of hydrogen-bond acceptors (Lipinski definition) is 4. The highest BCUT2D eigenvalue weighted by Gasteiger charge is 2.11. The molecule has 0 fully saturated rings. The number of rotatable bonds is 5. The third-order valence-corrected chi connectivity index (χ3v) is 3.20. The monoisotopic (exact) mass is 279 g/mol. The third kappa shape index (κ3) is 2.93. The normalized spacial score (nSPS) is 10.9. The summed E-state index contributed by atoms with van der Waals surface area (Å²) in [6, 6.07) is 1.95. The number of aryl methyl sites for hydroxylation is 2. The number of pyridine rings is 1. The van der Waals surface area contributed by atoms with E-state index in [0.29, 0.717) is 11.6 Å². The zero-order chi connectivity index (χ0) is 13.8. The van der Waals surface area contributed by atoms with Gasteiger partial charge < -0.3 is 5.32 Å². The van der Waals surface area contributed by atoms with Crippen molar-refractivity contribution in [1.82, 2.24) is 25.1 Å². The predicted octanol–water partition coefficient (Wildman–Crippen LogP) is 2.16. The van der Waals surface area contributed by atoms with Crippen LogP contribution in [-0.4, -0.2) is 26.8 Å². The molecule has 19 heavy (non-hydrogen) atoms. The van der Waals surface area contributed by atoms with Crippen LogP contribution in [0.4, 0.5) is 0 Å². The van der Waals surface area contributed by atoms with Crippen molar-refractivity contribution in [3.05, 3.63) is 34.5 Å². The topological polar surface area (TPSA) is 55.6 Å². The number of hydrogen-bond donors (Lipinski definition) is 1. The predicted molar refractivity (Wildman–Crippen MR) is 75.7 cm³/mol. The van der Waals surface area contributed by atoms with Gasteiger partial charge in [-0.05, 0) is 18.7 Å². The van der Waals surface area contributed by atoms with Gasteiger partial charge in [-0.25, -0.2) is 9.97 Å². The Bertz CT molecular complexity index is 564. The van der Waals surface area contributed by atoms with Crippen LogP contribution in [0.1, 0.15) is 31.1 Å². The van der Waals surface area contributed by atoms with Crippen molar-refractivity contribution >= 4 is 11.6 Å². The second-order valence-electron chi connectivity index (χ2n) is 4.23. The van der Waals surface area contributed by atoms with Gasteiger partial charge in [0.2, 0.25) is 0 Å². The van der Waals surface area contributed by atoms with Crippen LogP contribution in [0.5, 0.6) is 0 Å². The summed E-state index contributed by atoms with van der Waals surface area (Å²) in [6.45, 7) is 4.80. The Morgan fingerprint density at radius 1 is 1.32 bits per heavy atom. The Morgan fingerprint density at radius 2 is 2.11 bits per heavy atom. The minimum atomic E-state index is 0.659. The fourth-order valence-corrected chi connectivity index (χ4v) is 2.03. The Balaban J connectivity index is 2.46. The molecule has 0 radical (unpaired) electrons. The highest BCUT2D eigenvalue weighted by Crippen LogP contribution is 2.18. The van der Waals surface area contributed by atoms with E-state index in [1.54, 1.807) is 10.9 Å². The number of aromatic nitrogens is 4. The van der Waals surface area contributed by atoms with E-state index in [9.17, 15) is 0 Å². The molecule has 0 saturated carbocycles. The number of nitrogens with one attached hydrogen (secondary N) is 1. The maximum atomic E-state index is 6.12. The van der Waals surface area contributed by atoms with Crippen molar-refractivity contribution in [2.75, 3.05) is 7.05 Å². The largest absolute Gasteiger partial charge is 0.316 e. The molecule has 0 unspecified atom stereocenters. The summed E-state index contributed by atoms with van der Waals surface area (Å²) in [4.78, 5) is 8.83. The Hall–Kier alpha value is -1.46. The van der Waals surface area contributed by atoms with Gasteiger partial charge in [0.15, 0.2) is 11.6 Å². The average Bonchev–Trinajstić information content (AvgIpc) is 2.85. The van der Waals surface area contributed by atoms with Gasteiger partial charge in [0.1, 0.15) is 5.82 Å². The maximum Gasteiger partial charge on any atom is 0.155 e. The SMILES string of the molecule is CCc1nc(CC)n(-c2cc(CNC)c(Cl)cn2)n1. The molecule has 0 atom stereocenters. The second-order valence-corrected chi connectivity index (χ2v) is 4.63. The molecule has 0 saturated heterocycles. The Morgan fingerprint density at radius 3 is 2.74 bits per heavy atom. The van der Waals surface area contributed by atoms with Gasteiger partial charge in [0.25, 0.3) is 0 Å². The first-order chi connectivity index (χ1) is 9.19. The summed E-state index contributed by atoms with van der Waals surface area (Å²) < 4.78 is 1.80. The van der Waals surface area contributed by atoms with E-state index in [1.165, 1.54) is 0 Å². The first kappa shape index (κ1) is 14.0. The van der Waals surface area contributed by atoms with Crippen LogP contribution in [0, 0.1) is 0 Å². The summed E-state index contributed by atoms with van der Waals surface area (Å²) in [7, 11) is 1.89. The highest BCUT2D eigenvalue weighted by atomic mass is 35.5. The lowest BCUT2D eigenvalue weighted by Crippen LogP contribution is -2.09.